The Balaban J connectivity index is 1.79. The molecule has 0 aliphatic carbocycles. The summed E-state index contributed by atoms with van der Waals surface area (Å²) in [6.07, 6.45) is 10.3. The van der Waals surface area contributed by atoms with Crippen molar-refractivity contribution in [1.82, 2.24) is 14.9 Å². The Bertz CT molecular complexity index is 319. The van der Waals surface area contributed by atoms with Crippen LogP contribution in [0.4, 0.5) is 0 Å². The first-order valence-corrected chi connectivity index (χ1v) is 6.49. The maximum absolute atomic E-state index is 4.37. The Morgan fingerprint density at radius 3 is 3.12 bits per heavy atom. The van der Waals surface area contributed by atoms with Crippen LogP contribution in [0.3, 0.4) is 0 Å². The van der Waals surface area contributed by atoms with E-state index in [0.717, 1.165) is 12.3 Å². The lowest BCUT2D eigenvalue weighted by atomic mass is 9.88. The number of piperidine rings is 1. The normalized spacial score (nSPS) is 25.9. The van der Waals surface area contributed by atoms with Gasteiger partial charge in [-0.2, -0.15) is 0 Å². The highest BCUT2D eigenvalue weighted by Crippen LogP contribution is 2.21. The lowest BCUT2D eigenvalue weighted by Gasteiger charge is -2.29. The molecule has 2 atom stereocenters. The first-order chi connectivity index (χ1) is 7.79. The van der Waals surface area contributed by atoms with Crippen LogP contribution in [0.1, 0.15) is 38.4 Å². The zero-order valence-electron chi connectivity index (χ0n) is 10.4. The largest absolute Gasteiger partial charge is 0.338 e. The third-order valence-corrected chi connectivity index (χ3v) is 3.82. The van der Waals surface area contributed by atoms with Gasteiger partial charge in [0.1, 0.15) is 5.82 Å². The van der Waals surface area contributed by atoms with Crippen LogP contribution in [0.25, 0.3) is 0 Å². The second-order valence-electron chi connectivity index (χ2n) is 4.94. The van der Waals surface area contributed by atoms with Gasteiger partial charge in [0.15, 0.2) is 0 Å². The summed E-state index contributed by atoms with van der Waals surface area (Å²) in [6, 6.07) is 0.704. The molecule has 2 heterocycles. The maximum Gasteiger partial charge on any atom is 0.108 e. The molecule has 0 bridgehead atoms. The number of hydrogen-bond acceptors (Lipinski definition) is 2. The van der Waals surface area contributed by atoms with Crippen LogP contribution in [0.15, 0.2) is 12.4 Å². The summed E-state index contributed by atoms with van der Waals surface area (Å²) in [4.78, 5) is 4.37. The second kappa shape index (κ2) is 5.48. The van der Waals surface area contributed by atoms with Gasteiger partial charge in [0.2, 0.25) is 0 Å². The fraction of sp³-hybridized carbons (Fsp3) is 0.769. The third-order valence-electron chi connectivity index (χ3n) is 3.82. The molecule has 0 saturated carbocycles. The molecule has 1 N–H and O–H groups in total. The van der Waals surface area contributed by atoms with Crippen LogP contribution in [-0.2, 0) is 13.5 Å². The number of nitrogens with zero attached hydrogens (tertiary/aromatic N) is 2. The standard InChI is InChI=1S/C13H23N3/c1-3-11-6-7-14-12(10-11)4-5-13-15-8-9-16(13)2/h8-9,11-12,14H,3-7,10H2,1-2H3. The number of hydrogen-bond donors (Lipinski definition) is 1. The van der Waals surface area contributed by atoms with Gasteiger partial charge in [-0.15, -0.1) is 0 Å². The Labute approximate surface area is 98.3 Å². The summed E-state index contributed by atoms with van der Waals surface area (Å²) in [6.45, 7) is 3.51. The molecule has 3 heteroatoms. The summed E-state index contributed by atoms with van der Waals surface area (Å²) in [7, 11) is 2.07. The predicted molar refractivity (Wildman–Crippen MR) is 66.3 cm³/mol. The van der Waals surface area contributed by atoms with E-state index < -0.39 is 0 Å². The fourth-order valence-corrected chi connectivity index (χ4v) is 2.63. The van der Waals surface area contributed by atoms with Gasteiger partial charge in [0.25, 0.3) is 0 Å². The monoisotopic (exact) mass is 221 g/mol. The van der Waals surface area contributed by atoms with Gasteiger partial charge >= 0.3 is 0 Å². The van der Waals surface area contributed by atoms with Crippen molar-refractivity contribution < 1.29 is 0 Å². The van der Waals surface area contributed by atoms with Crippen molar-refractivity contribution in [3.8, 4) is 0 Å². The number of nitrogens with one attached hydrogen (secondary N) is 1. The molecule has 1 aliphatic rings. The molecule has 0 spiro atoms. The summed E-state index contributed by atoms with van der Waals surface area (Å²) in [5.41, 5.74) is 0. The number of rotatable bonds is 4. The van der Waals surface area contributed by atoms with E-state index in [1.807, 2.05) is 12.4 Å². The average molecular weight is 221 g/mol. The van der Waals surface area contributed by atoms with Crippen molar-refractivity contribution in [2.24, 2.45) is 13.0 Å². The molecular formula is C13H23N3. The summed E-state index contributed by atoms with van der Waals surface area (Å²) in [5, 5.41) is 3.63. The van der Waals surface area contributed by atoms with Crippen LogP contribution in [0.5, 0.6) is 0 Å². The van der Waals surface area contributed by atoms with Crippen LogP contribution in [0, 0.1) is 5.92 Å². The lowest BCUT2D eigenvalue weighted by Crippen LogP contribution is -2.38. The third kappa shape index (κ3) is 2.85. The Morgan fingerprint density at radius 2 is 2.44 bits per heavy atom. The van der Waals surface area contributed by atoms with Crippen molar-refractivity contribution in [3.63, 3.8) is 0 Å². The Morgan fingerprint density at radius 1 is 1.56 bits per heavy atom. The molecule has 0 amide bonds. The highest BCUT2D eigenvalue weighted by Gasteiger charge is 2.20. The molecule has 1 aliphatic heterocycles. The number of aromatic nitrogens is 2. The minimum Gasteiger partial charge on any atom is -0.338 e. The topological polar surface area (TPSA) is 29.9 Å². The van der Waals surface area contributed by atoms with Gasteiger partial charge in [0, 0.05) is 31.9 Å². The minimum absolute atomic E-state index is 0.704. The maximum atomic E-state index is 4.37. The van der Waals surface area contributed by atoms with Crippen molar-refractivity contribution in [1.29, 1.82) is 0 Å². The minimum atomic E-state index is 0.704. The van der Waals surface area contributed by atoms with Crippen molar-refractivity contribution in [2.75, 3.05) is 6.54 Å². The van der Waals surface area contributed by atoms with E-state index in [9.17, 15) is 0 Å². The highest BCUT2D eigenvalue weighted by molar-refractivity contribution is 4.92. The summed E-state index contributed by atoms with van der Waals surface area (Å²) < 4.78 is 2.13. The van der Waals surface area contributed by atoms with Crippen LogP contribution < -0.4 is 5.32 Å². The fourth-order valence-electron chi connectivity index (χ4n) is 2.63. The van der Waals surface area contributed by atoms with E-state index in [1.54, 1.807) is 0 Å². The van der Waals surface area contributed by atoms with E-state index in [4.69, 9.17) is 0 Å². The van der Waals surface area contributed by atoms with Crippen LogP contribution in [0.2, 0.25) is 0 Å². The van der Waals surface area contributed by atoms with E-state index in [1.165, 1.54) is 38.1 Å². The molecule has 1 fully saturated rings. The smallest absolute Gasteiger partial charge is 0.108 e. The zero-order chi connectivity index (χ0) is 11.4. The molecule has 1 saturated heterocycles. The molecule has 1 aromatic rings. The van der Waals surface area contributed by atoms with Gasteiger partial charge in [-0.1, -0.05) is 13.3 Å². The molecule has 3 nitrogen and oxygen atoms in total. The zero-order valence-corrected chi connectivity index (χ0v) is 10.4. The Hall–Kier alpha value is -0.830. The molecule has 0 radical (unpaired) electrons. The van der Waals surface area contributed by atoms with Crippen molar-refractivity contribution >= 4 is 0 Å². The number of aryl methyl sites for hydroxylation is 2. The van der Waals surface area contributed by atoms with Gasteiger partial charge in [-0.05, 0) is 31.7 Å². The van der Waals surface area contributed by atoms with E-state index in [-0.39, 0.29) is 0 Å². The first-order valence-electron chi connectivity index (χ1n) is 6.49. The van der Waals surface area contributed by atoms with Crippen LogP contribution in [-0.4, -0.2) is 22.1 Å². The Kier molecular flexibility index (Phi) is 3.99. The molecule has 1 aromatic heterocycles. The van der Waals surface area contributed by atoms with Gasteiger partial charge in [0.05, 0.1) is 0 Å². The number of imidazole rings is 1. The van der Waals surface area contributed by atoms with Crippen molar-refractivity contribution in [2.45, 2.75) is 45.1 Å². The van der Waals surface area contributed by atoms with Crippen molar-refractivity contribution in [3.05, 3.63) is 18.2 Å². The molecule has 90 valence electrons. The molecular weight excluding hydrogens is 198 g/mol. The SMILES string of the molecule is CCC1CCNC(CCc2nccn2C)C1. The first kappa shape index (κ1) is 11.6. The quantitative estimate of drug-likeness (QED) is 0.844. The molecule has 2 rings (SSSR count). The van der Waals surface area contributed by atoms with E-state index in [0.29, 0.717) is 6.04 Å². The summed E-state index contributed by atoms with van der Waals surface area (Å²) in [5.74, 6) is 2.15. The van der Waals surface area contributed by atoms with E-state index >= 15 is 0 Å². The highest BCUT2D eigenvalue weighted by atomic mass is 15.0. The van der Waals surface area contributed by atoms with Gasteiger partial charge in [-0.3, -0.25) is 0 Å². The van der Waals surface area contributed by atoms with Gasteiger partial charge in [-0.25, -0.2) is 4.98 Å². The summed E-state index contributed by atoms with van der Waals surface area (Å²) >= 11 is 0. The lowest BCUT2D eigenvalue weighted by molar-refractivity contribution is 0.284. The van der Waals surface area contributed by atoms with Crippen LogP contribution >= 0.6 is 0 Å². The molecule has 0 aromatic carbocycles. The molecule has 16 heavy (non-hydrogen) atoms. The second-order valence-corrected chi connectivity index (χ2v) is 4.94. The predicted octanol–water partition coefficient (Wildman–Crippen LogP) is 2.13. The average Bonchev–Trinajstić information content (AvgIpc) is 2.72. The van der Waals surface area contributed by atoms with Gasteiger partial charge < -0.3 is 9.88 Å². The van der Waals surface area contributed by atoms with E-state index in [2.05, 4.69) is 28.8 Å². The molecule has 2 unspecified atom stereocenters.